The number of halogens is 2. The minimum atomic E-state index is -3.83. The van der Waals surface area contributed by atoms with E-state index in [0.29, 0.717) is 19.4 Å². The maximum atomic E-state index is 12.6. The number of aliphatic carboxylic acids is 1. The number of hydrogen-bond acceptors (Lipinski definition) is 3. The van der Waals surface area contributed by atoms with Crippen LogP contribution in [0, 0.1) is 0 Å². The Morgan fingerprint density at radius 3 is 2.75 bits per heavy atom. The zero-order valence-electron chi connectivity index (χ0n) is 10.4. The van der Waals surface area contributed by atoms with Crippen molar-refractivity contribution in [3.05, 3.63) is 28.2 Å². The number of nitrogens with zero attached hydrogens (tertiary/aromatic N) is 1. The first-order valence-electron chi connectivity index (χ1n) is 6.01. The van der Waals surface area contributed by atoms with Crippen molar-refractivity contribution in [1.29, 1.82) is 0 Å². The molecule has 0 amide bonds. The van der Waals surface area contributed by atoms with Crippen molar-refractivity contribution in [2.24, 2.45) is 0 Å². The van der Waals surface area contributed by atoms with Gasteiger partial charge in [0, 0.05) is 12.6 Å². The van der Waals surface area contributed by atoms with Gasteiger partial charge in [0.05, 0.1) is 16.5 Å². The van der Waals surface area contributed by atoms with E-state index in [1.54, 1.807) is 0 Å². The highest BCUT2D eigenvalue weighted by Crippen LogP contribution is 2.34. The monoisotopic (exact) mass is 337 g/mol. The van der Waals surface area contributed by atoms with Crippen LogP contribution < -0.4 is 0 Å². The van der Waals surface area contributed by atoms with E-state index in [2.05, 4.69) is 0 Å². The summed E-state index contributed by atoms with van der Waals surface area (Å²) in [5, 5.41) is 8.98. The van der Waals surface area contributed by atoms with Crippen LogP contribution in [0.1, 0.15) is 19.3 Å². The van der Waals surface area contributed by atoms with E-state index in [0.717, 1.165) is 0 Å². The number of carboxylic acids is 1. The van der Waals surface area contributed by atoms with Crippen molar-refractivity contribution in [2.75, 3.05) is 6.54 Å². The number of carbonyl (C=O) groups is 1. The smallest absolute Gasteiger partial charge is 0.304 e. The maximum absolute atomic E-state index is 12.6. The third kappa shape index (κ3) is 2.93. The summed E-state index contributed by atoms with van der Waals surface area (Å²) in [6.45, 7) is 0.295. The van der Waals surface area contributed by atoms with E-state index in [1.807, 2.05) is 0 Å². The summed E-state index contributed by atoms with van der Waals surface area (Å²) in [7, 11) is -3.83. The lowest BCUT2D eigenvalue weighted by Gasteiger charge is -2.23. The number of carboxylic acid groups (broad SMARTS) is 1. The van der Waals surface area contributed by atoms with Gasteiger partial charge in [-0.25, -0.2) is 8.42 Å². The minimum absolute atomic E-state index is 0.0323. The molecule has 0 spiro atoms. The van der Waals surface area contributed by atoms with Gasteiger partial charge < -0.3 is 5.11 Å². The summed E-state index contributed by atoms with van der Waals surface area (Å²) >= 11 is 11.8. The molecule has 2 rings (SSSR count). The van der Waals surface area contributed by atoms with Crippen LogP contribution >= 0.6 is 23.2 Å². The summed E-state index contributed by atoms with van der Waals surface area (Å²) in [6, 6.07) is 3.84. The van der Waals surface area contributed by atoms with Gasteiger partial charge in [0.25, 0.3) is 0 Å². The third-order valence-corrected chi connectivity index (χ3v) is 6.16. The summed E-state index contributed by atoms with van der Waals surface area (Å²) < 4.78 is 26.4. The predicted molar refractivity (Wildman–Crippen MR) is 75.6 cm³/mol. The zero-order valence-corrected chi connectivity index (χ0v) is 12.7. The van der Waals surface area contributed by atoms with Crippen molar-refractivity contribution in [1.82, 2.24) is 4.31 Å². The van der Waals surface area contributed by atoms with E-state index < -0.39 is 22.0 Å². The lowest BCUT2D eigenvalue weighted by molar-refractivity contribution is -0.137. The molecule has 1 unspecified atom stereocenters. The van der Waals surface area contributed by atoms with Gasteiger partial charge in [-0.05, 0) is 25.0 Å². The average Bonchev–Trinajstić information content (AvgIpc) is 2.80. The Kier molecular flexibility index (Phi) is 4.59. The molecule has 1 N–H and O–H groups in total. The molecule has 1 heterocycles. The summed E-state index contributed by atoms with van der Waals surface area (Å²) in [4.78, 5) is 10.7. The normalized spacial score (nSPS) is 20.2. The Hall–Kier alpha value is -0.820. The SMILES string of the molecule is O=C(O)CC1CCCN1S(=O)(=O)c1cccc(Cl)c1Cl. The molecule has 0 bridgehead atoms. The van der Waals surface area contributed by atoms with Crippen molar-refractivity contribution in [2.45, 2.75) is 30.2 Å². The lowest BCUT2D eigenvalue weighted by atomic mass is 10.2. The second kappa shape index (κ2) is 5.89. The van der Waals surface area contributed by atoms with Gasteiger partial charge in [-0.15, -0.1) is 0 Å². The first kappa shape index (κ1) is 15.6. The van der Waals surface area contributed by atoms with Crippen LogP contribution in [0.5, 0.6) is 0 Å². The van der Waals surface area contributed by atoms with Crippen molar-refractivity contribution < 1.29 is 18.3 Å². The van der Waals surface area contributed by atoms with Gasteiger partial charge in [0.2, 0.25) is 10.0 Å². The quantitative estimate of drug-likeness (QED) is 0.916. The molecule has 0 aliphatic carbocycles. The molecule has 1 aliphatic rings. The molecule has 1 aliphatic heterocycles. The molecule has 1 fully saturated rings. The van der Waals surface area contributed by atoms with Gasteiger partial charge in [0.1, 0.15) is 4.90 Å². The molecule has 0 radical (unpaired) electrons. The molecule has 5 nitrogen and oxygen atoms in total. The summed E-state index contributed by atoms with van der Waals surface area (Å²) in [6.07, 6.45) is 0.955. The molecule has 0 saturated carbocycles. The van der Waals surface area contributed by atoms with Crippen LogP contribution in [0.3, 0.4) is 0 Å². The molecule has 110 valence electrons. The van der Waals surface area contributed by atoms with Crippen LogP contribution in [-0.2, 0) is 14.8 Å². The van der Waals surface area contributed by atoms with E-state index >= 15 is 0 Å². The van der Waals surface area contributed by atoms with Crippen LogP contribution in [-0.4, -0.2) is 36.4 Å². The molecule has 8 heteroatoms. The van der Waals surface area contributed by atoms with E-state index in [9.17, 15) is 13.2 Å². The van der Waals surface area contributed by atoms with Crippen LogP contribution in [0.25, 0.3) is 0 Å². The summed E-state index contributed by atoms with van der Waals surface area (Å²) in [5.41, 5.74) is 0. The molecule has 1 aromatic rings. The average molecular weight is 338 g/mol. The Labute approximate surface area is 127 Å². The van der Waals surface area contributed by atoms with Crippen molar-refractivity contribution in [3.8, 4) is 0 Å². The lowest BCUT2D eigenvalue weighted by Crippen LogP contribution is -2.37. The predicted octanol–water partition coefficient (Wildman–Crippen LogP) is 2.62. The van der Waals surface area contributed by atoms with Crippen LogP contribution in [0.2, 0.25) is 10.0 Å². The Morgan fingerprint density at radius 2 is 2.10 bits per heavy atom. The molecule has 0 aromatic heterocycles. The maximum Gasteiger partial charge on any atom is 0.304 e. The Bertz CT molecular complexity index is 632. The first-order chi connectivity index (χ1) is 9.34. The number of benzene rings is 1. The molecule has 1 aromatic carbocycles. The minimum Gasteiger partial charge on any atom is -0.481 e. The molecule has 20 heavy (non-hydrogen) atoms. The molecular formula is C12H13Cl2NO4S. The molecule has 1 atom stereocenters. The first-order valence-corrected chi connectivity index (χ1v) is 8.21. The number of hydrogen-bond donors (Lipinski definition) is 1. The van der Waals surface area contributed by atoms with Gasteiger partial charge in [0.15, 0.2) is 0 Å². The standard InChI is InChI=1S/C12H13Cl2NO4S/c13-9-4-1-5-10(12(9)14)20(18,19)15-6-2-3-8(15)7-11(16)17/h1,4-5,8H,2-3,6-7H2,(H,16,17). The highest BCUT2D eigenvalue weighted by Gasteiger charge is 2.37. The zero-order chi connectivity index (χ0) is 14.9. The Balaban J connectivity index is 2.39. The number of sulfonamides is 1. The molecule has 1 saturated heterocycles. The van der Waals surface area contributed by atoms with E-state index in [-0.39, 0.29) is 21.4 Å². The van der Waals surface area contributed by atoms with Gasteiger partial charge in [-0.1, -0.05) is 29.3 Å². The van der Waals surface area contributed by atoms with Gasteiger partial charge >= 0.3 is 5.97 Å². The highest BCUT2D eigenvalue weighted by atomic mass is 35.5. The topological polar surface area (TPSA) is 74.7 Å². The van der Waals surface area contributed by atoms with Crippen LogP contribution in [0.4, 0.5) is 0 Å². The van der Waals surface area contributed by atoms with E-state index in [1.165, 1.54) is 22.5 Å². The van der Waals surface area contributed by atoms with E-state index in [4.69, 9.17) is 28.3 Å². The number of rotatable bonds is 4. The van der Waals surface area contributed by atoms with Crippen molar-refractivity contribution in [3.63, 3.8) is 0 Å². The fourth-order valence-corrected chi connectivity index (χ4v) is 4.77. The van der Waals surface area contributed by atoms with Crippen LogP contribution in [0.15, 0.2) is 23.1 Å². The van der Waals surface area contributed by atoms with Gasteiger partial charge in [-0.2, -0.15) is 4.31 Å². The van der Waals surface area contributed by atoms with Gasteiger partial charge in [-0.3, -0.25) is 4.79 Å². The second-order valence-corrected chi connectivity index (χ2v) is 7.21. The fourth-order valence-electron chi connectivity index (χ4n) is 2.34. The highest BCUT2D eigenvalue weighted by molar-refractivity contribution is 7.89. The largest absolute Gasteiger partial charge is 0.481 e. The Morgan fingerprint density at radius 1 is 1.40 bits per heavy atom. The van der Waals surface area contributed by atoms with Crippen molar-refractivity contribution >= 4 is 39.2 Å². The summed E-state index contributed by atoms with van der Waals surface area (Å²) in [5.74, 6) is -1.02. The second-order valence-electron chi connectivity index (χ2n) is 4.56. The third-order valence-electron chi connectivity index (χ3n) is 3.24. The molecular weight excluding hydrogens is 325 g/mol. The fraction of sp³-hybridized carbons (Fsp3) is 0.417.